The topological polar surface area (TPSA) is 29.5 Å². The maximum atomic E-state index is 12.4. The Morgan fingerprint density at radius 2 is 1.88 bits per heavy atom. The highest BCUT2D eigenvalue weighted by Crippen LogP contribution is 2.37. The van der Waals surface area contributed by atoms with Crippen LogP contribution in [0.2, 0.25) is 0 Å². The molecule has 0 unspecified atom stereocenters. The van der Waals surface area contributed by atoms with Crippen LogP contribution in [0.1, 0.15) is 11.1 Å². The molecule has 0 fully saturated rings. The summed E-state index contributed by atoms with van der Waals surface area (Å²) in [7, 11) is 0. The van der Waals surface area contributed by atoms with E-state index in [1.807, 2.05) is 0 Å². The molecular weight excluding hydrogens is 235 g/mol. The summed E-state index contributed by atoms with van der Waals surface area (Å²) < 4.78 is 64.6. The largest absolute Gasteiger partial charge is 0.434 e. The van der Waals surface area contributed by atoms with Crippen LogP contribution >= 0.6 is 0 Å². The fourth-order valence-electron chi connectivity index (χ4n) is 1.10. The highest BCUT2D eigenvalue weighted by molar-refractivity contribution is 5.39. The van der Waals surface area contributed by atoms with Gasteiger partial charge in [0, 0.05) is 0 Å². The van der Waals surface area contributed by atoms with Crippen LogP contribution in [-0.4, -0.2) is 11.7 Å². The highest BCUT2D eigenvalue weighted by Gasteiger charge is 2.35. The van der Waals surface area contributed by atoms with Crippen molar-refractivity contribution >= 4 is 0 Å². The predicted octanol–water partition coefficient (Wildman–Crippen LogP) is 2.80. The lowest BCUT2D eigenvalue weighted by atomic mass is 10.1. The number of rotatable bonds is 3. The van der Waals surface area contributed by atoms with Crippen molar-refractivity contribution in [3.63, 3.8) is 0 Å². The molecule has 2 nitrogen and oxygen atoms in total. The molecule has 90 valence electrons. The second kappa shape index (κ2) is 4.65. The minimum atomic E-state index is -4.81. The molecule has 0 aliphatic rings. The summed E-state index contributed by atoms with van der Waals surface area (Å²) in [6.45, 7) is -3.95. The van der Waals surface area contributed by atoms with Gasteiger partial charge in [0.2, 0.25) is 0 Å². The molecule has 0 atom stereocenters. The van der Waals surface area contributed by atoms with E-state index < -0.39 is 30.7 Å². The van der Waals surface area contributed by atoms with Crippen LogP contribution in [0.3, 0.4) is 0 Å². The van der Waals surface area contributed by atoms with Gasteiger partial charge in [-0.05, 0) is 17.7 Å². The van der Waals surface area contributed by atoms with Gasteiger partial charge in [0.25, 0.3) is 0 Å². The number of aliphatic hydroxyl groups is 1. The van der Waals surface area contributed by atoms with Gasteiger partial charge in [0.1, 0.15) is 5.75 Å². The summed E-state index contributed by atoms with van der Waals surface area (Å²) in [6.07, 6.45) is -4.81. The molecule has 0 radical (unpaired) electrons. The molecule has 1 rings (SSSR count). The lowest BCUT2D eigenvalue weighted by Crippen LogP contribution is -2.12. The number of benzene rings is 1. The van der Waals surface area contributed by atoms with Crippen LogP contribution in [0, 0.1) is 0 Å². The second-order valence-corrected chi connectivity index (χ2v) is 2.86. The molecule has 0 aliphatic carbocycles. The van der Waals surface area contributed by atoms with Crippen molar-refractivity contribution in [3.8, 4) is 5.75 Å². The zero-order valence-corrected chi connectivity index (χ0v) is 7.76. The second-order valence-electron chi connectivity index (χ2n) is 2.86. The van der Waals surface area contributed by atoms with Crippen molar-refractivity contribution < 1.29 is 31.8 Å². The van der Waals surface area contributed by atoms with Gasteiger partial charge in [-0.3, -0.25) is 0 Å². The van der Waals surface area contributed by atoms with E-state index in [1.165, 1.54) is 0 Å². The van der Waals surface area contributed by atoms with E-state index in [4.69, 9.17) is 5.11 Å². The first-order chi connectivity index (χ1) is 7.34. The lowest BCUT2D eigenvalue weighted by Gasteiger charge is -2.14. The molecule has 1 N–H and O–H groups in total. The Hall–Kier alpha value is -1.37. The van der Waals surface area contributed by atoms with Crippen LogP contribution in [0.4, 0.5) is 22.0 Å². The molecule has 0 aromatic heterocycles. The van der Waals surface area contributed by atoms with Crippen molar-refractivity contribution in [1.29, 1.82) is 0 Å². The Balaban J connectivity index is 3.17. The van der Waals surface area contributed by atoms with Crippen LogP contribution in [0.15, 0.2) is 18.2 Å². The van der Waals surface area contributed by atoms with Gasteiger partial charge < -0.3 is 9.84 Å². The quantitative estimate of drug-likeness (QED) is 0.826. The van der Waals surface area contributed by atoms with E-state index in [9.17, 15) is 22.0 Å². The molecule has 0 bridgehead atoms. The van der Waals surface area contributed by atoms with Gasteiger partial charge >= 0.3 is 12.8 Å². The summed E-state index contributed by atoms with van der Waals surface area (Å²) in [5, 5.41) is 8.64. The monoisotopic (exact) mass is 242 g/mol. The van der Waals surface area contributed by atoms with E-state index in [0.717, 1.165) is 12.1 Å². The Bertz CT molecular complexity index is 361. The Kier molecular flexibility index (Phi) is 3.69. The van der Waals surface area contributed by atoms with E-state index in [1.54, 1.807) is 0 Å². The zero-order valence-electron chi connectivity index (χ0n) is 7.76. The average Bonchev–Trinajstić information content (AvgIpc) is 2.15. The SMILES string of the molecule is OCc1ccc(OC(F)F)c(C(F)(F)F)c1. The highest BCUT2D eigenvalue weighted by atomic mass is 19.4. The predicted molar refractivity (Wildman–Crippen MR) is 44.0 cm³/mol. The van der Waals surface area contributed by atoms with Gasteiger partial charge in [0.15, 0.2) is 0 Å². The number of alkyl halides is 5. The van der Waals surface area contributed by atoms with Gasteiger partial charge in [-0.25, -0.2) is 0 Å². The zero-order chi connectivity index (χ0) is 12.3. The Labute approximate surface area is 87.3 Å². The standard InChI is InChI=1S/C9H7F5O2/c10-8(11)16-7-2-1-5(4-15)3-6(7)9(12,13)14/h1-3,8,15H,4H2. The van der Waals surface area contributed by atoms with Crippen molar-refractivity contribution in [3.05, 3.63) is 29.3 Å². The molecule has 0 heterocycles. The third kappa shape index (κ3) is 3.06. The molecule has 1 aromatic rings. The summed E-state index contributed by atoms with van der Waals surface area (Å²) in [6, 6.07) is 2.39. The fourth-order valence-corrected chi connectivity index (χ4v) is 1.10. The molecule has 0 spiro atoms. The van der Waals surface area contributed by atoms with Crippen molar-refractivity contribution in [2.75, 3.05) is 0 Å². The third-order valence-corrected chi connectivity index (χ3v) is 1.75. The van der Waals surface area contributed by atoms with E-state index >= 15 is 0 Å². The first-order valence-corrected chi connectivity index (χ1v) is 4.10. The summed E-state index contributed by atoms with van der Waals surface area (Å²) >= 11 is 0. The molecule has 0 saturated carbocycles. The first kappa shape index (κ1) is 12.7. The Morgan fingerprint density at radius 1 is 1.25 bits per heavy atom. The van der Waals surface area contributed by atoms with Crippen LogP contribution < -0.4 is 4.74 Å². The van der Waals surface area contributed by atoms with Crippen LogP contribution in [0.25, 0.3) is 0 Å². The van der Waals surface area contributed by atoms with Crippen molar-refractivity contribution in [2.24, 2.45) is 0 Å². The van der Waals surface area contributed by atoms with E-state index in [-0.39, 0.29) is 5.56 Å². The van der Waals surface area contributed by atoms with Gasteiger partial charge in [-0.15, -0.1) is 0 Å². The minimum Gasteiger partial charge on any atom is -0.434 e. The number of aliphatic hydroxyl groups excluding tert-OH is 1. The molecule has 0 aliphatic heterocycles. The summed E-state index contributed by atoms with van der Waals surface area (Å²) in [5.41, 5.74) is -1.37. The van der Waals surface area contributed by atoms with Gasteiger partial charge in [-0.1, -0.05) is 6.07 Å². The van der Waals surface area contributed by atoms with Crippen molar-refractivity contribution in [2.45, 2.75) is 19.4 Å². The number of ether oxygens (including phenoxy) is 1. The molecule has 0 amide bonds. The first-order valence-electron chi connectivity index (χ1n) is 4.10. The van der Waals surface area contributed by atoms with Crippen LogP contribution in [-0.2, 0) is 12.8 Å². The number of hydrogen-bond donors (Lipinski definition) is 1. The number of hydrogen-bond acceptors (Lipinski definition) is 2. The minimum absolute atomic E-state index is 0.0334. The van der Waals surface area contributed by atoms with Crippen LogP contribution in [0.5, 0.6) is 5.75 Å². The fraction of sp³-hybridized carbons (Fsp3) is 0.333. The van der Waals surface area contributed by atoms with Gasteiger partial charge in [0.05, 0.1) is 12.2 Å². The summed E-state index contributed by atoms with van der Waals surface area (Å²) in [4.78, 5) is 0. The number of halogens is 5. The Morgan fingerprint density at radius 3 is 2.31 bits per heavy atom. The summed E-state index contributed by atoms with van der Waals surface area (Å²) in [5.74, 6) is -0.959. The molecule has 16 heavy (non-hydrogen) atoms. The lowest BCUT2D eigenvalue weighted by molar-refractivity contribution is -0.141. The average molecular weight is 242 g/mol. The third-order valence-electron chi connectivity index (χ3n) is 1.75. The maximum absolute atomic E-state index is 12.4. The maximum Gasteiger partial charge on any atom is 0.419 e. The van der Waals surface area contributed by atoms with E-state index in [0.29, 0.717) is 6.07 Å². The van der Waals surface area contributed by atoms with Gasteiger partial charge in [-0.2, -0.15) is 22.0 Å². The molecular formula is C9H7F5O2. The molecule has 0 saturated heterocycles. The molecule has 1 aromatic carbocycles. The smallest absolute Gasteiger partial charge is 0.419 e. The normalized spacial score (nSPS) is 11.9. The van der Waals surface area contributed by atoms with E-state index in [2.05, 4.69) is 4.74 Å². The van der Waals surface area contributed by atoms with Crippen molar-refractivity contribution in [1.82, 2.24) is 0 Å². The molecule has 7 heteroatoms.